The minimum Gasteiger partial charge on any atom is -0.229 e. The molecule has 102 valence electrons. The number of thiophene rings is 1. The molecule has 2 nitrogen and oxygen atoms in total. The Balaban J connectivity index is 1.99. The first kappa shape index (κ1) is 13.6. The van der Waals surface area contributed by atoms with Crippen LogP contribution in [0.25, 0.3) is 10.2 Å². The molecule has 1 aromatic carbocycles. The lowest BCUT2D eigenvalue weighted by molar-refractivity contribution is 1.06. The van der Waals surface area contributed by atoms with Crippen LogP contribution >= 0.6 is 23.1 Å². The maximum atomic E-state index is 4.51. The average molecular weight is 300 g/mol. The van der Waals surface area contributed by atoms with Gasteiger partial charge in [0, 0.05) is 15.5 Å². The van der Waals surface area contributed by atoms with Crippen LogP contribution in [0.3, 0.4) is 0 Å². The van der Waals surface area contributed by atoms with Crippen LogP contribution < -0.4 is 0 Å². The fourth-order valence-electron chi connectivity index (χ4n) is 2.20. The van der Waals surface area contributed by atoms with Gasteiger partial charge in [0.15, 0.2) is 0 Å². The molecule has 0 radical (unpaired) electrons. The SMILES string of the molecule is Cc1sc2ncnc(SC(C)c3ccccc3)c2c1C. The van der Waals surface area contributed by atoms with Gasteiger partial charge in [0.1, 0.15) is 16.2 Å². The van der Waals surface area contributed by atoms with Gasteiger partial charge in [0.05, 0.1) is 0 Å². The van der Waals surface area contributed by atoms with Gasteiger partial charge in [0.2, 0.25) is 0 Å². The Morgan fingerprint density at radius 2 is 1.85 bits per heavy atom. The van der Waals surface area contributed by atoms with Crippen molar-refractivity contribution in [3.63, 3.8) is 0 Å². The van der Waals surface area contributed by atoms with Gasteiger partial charge < -0.3 is 0 Å². The van der Waals surface area contributed by atoms with Gasteiger partial charge >= 0.3 is 0 Å². The van der Waals surface area contributed by atoms with Gasteiger partial charge in [-0.1, -0.05) is 42.1 Å². The van der Waals surface area contributed by atoms with Crippen molar-refractivity contribution in [1.29, 1.82) is 0 Å². The Hall–Kier alpha value is -1.39. The largest absolute Gasteiger partial charge is 0.229 e. The van der Waals surface area contributed by atoms with Crippen LogP contribution in [0.2, 0.25) is 0 Å². The maximum absolute atomic E-state index is 4.51. The lowest BCUT2D eigenvalue weighted by atomic mass is 10.2. The highest BCUT2D eigenvalue weighted by Gasteiger charge is 2.15. The Kier molecular flexibility index (Phi) is 3.76. The zero-order valence-electron chi connectivity index (χ0n) is 11.8. The van der Waals surface area contributed by atoms with Gasteiger partial charge in [-0.25, -0.2) is 9.97 Å². The summed E-state index contributed by atoms with van der Waals surface area (Å²) >= 11 is 3.56. The van der Waals surface area contributed by atoms with E-state index in [4.69, 9.17) is 0 Å². The molecule has 0 bridgehead atoms. The summed E-state index contributed by atoms with van der Waals surface area (Å²) in [6.07, 6.45) is 1.68. The molecule has 0 amide bonds. The number of hydrogen-bond donors (Lipinski definition) is 0. The summed E-state index contributed by atoms with van der Waals surface area (Å²) in [7, 11) is 0. The second-order valence-electron chi connectivity index (χ2n) is 4.81. The molecule has 0 aliphatic rings. The van der Waals surface area contributed by atoms with Gasteiger partial charge in [-0.05, 0) is 31.9 Å². The van der Waals surface area contributed by atoms with E-state index in [1.54, 1.807) is 17.7 Å². The summed E-state index contributed by atoms with van der Waals surface area (Å²) in [5.41, 5.74) is 2.64. The molecule has 20 heavy (non-hydrogen) atoms. The molecule has 0 saturated heterocycles. The highest BCUT2D eigenvalue weighted by molar-refractivity contribution is 7.99. The van der Waals surface area contributed by atoms with Gasteiger partial charge in [-0.2, -0.15) is 0 Å². The minimum atomic E-state index is 0.383. The summed E-state index contributed by atoms with van der Waals surface area (Å²) in [5.74, 6) is 0. The van der Waals surface area contributed by atoms with Crippen molar-refractivity contribution in [3.05, 3.63) is 52.7 Å². The third-order valence-electron chi connectivity index (χ3n) is 3.49. The molecule has 4 heteroatoms. The predicted molar refractivity (Wildman–Crippen MR) is 87.6 cm³/mol. The van der Waals surface area contributed by atoms with Crippen molar-refractivity contribution in [3.8, 4) is 0 Å². The van der Waals surface area contributed by atoms with Crippen LogP contribution in [0.5, 0.6) is 0 Å². The quantitative estimate of drug-likeness (QED) is 0.493. The summed E-state index contributed by atoms with van der Waals surface area (Å²) in [6, 6.07) is 10.6. The third kappa shape index (κ3) is 2.45. The summed E-state index contributed by atoms with van der Waals surface area (Å²) < 4.78 is 0. The highest BCUT2D eigenvalue weighted by atomic mass is 32.2. The van der Waals surface area contributed by atoms with Crippen LogP contribution in [0.1, 0.15) is 28.2 Å². The molecule has 0 spiro atoms. The van der Waals surface area contributed by atoms with E-state index < -0.39 is 0 Å². The second kappa shape index (κ2) is 5.54. The summed E-state index contributed by atoms with van der Waals surface area (Å²) in [4.78, 5) is 11.3. The standard InChI is InChI=1S/C16H16N2S2/c1-10-11(2)19-15-14(10)16(18-9-17-15)20-12(3)13-7-5-4-6-8-13/h4-9,12H,1-3H3. The molecule has 0 aliphatic carbocycles. The van der Waals surface area contributed by atoms with Crippen LogP contribution in [0, 0.1) is 13.8 Å². The molecular weight excluding hydrogens is 284 g/mol. The molecule has 2 heterocycles. The lowest BCUT2D eigenvalue weighted by Gasteiger charge is -2.11. The molecular formula is C16H16N2S2. The van der Waals surface area contributed by atoms with E-state index in [2.05, 4.69) is 61.1 Å². The van der Waals surface area contributed by atoms with E-state index in [0.717, 1.165) is 9.86 Å². The van der Waals surface area contributed by atoms with E-state index in [1.165, 1.54) is 21.4 Å². The van der Waals surface area contributed by atoms with Crippen molar-refractivity contribution in [2.45, 2.75) is 31.0 Å². The fraction of sp³-hybridized carbons (Fsp3) is 0.250. The zero-order chi connectivity index (χ0) is 14.1. The number of fused-ring (bicyclic) bond motifs is 1. The number of rotatable bonds is 3. The summed E-state index contributed by atoms with van der Waals surface area (Å²) in [6.45, 7) is 6.54. The van der Waals surface area contributed by atoms with E-state index in [-0.39, 0.29) is 0 Å². The zero-order valence-corrected chi connectivity index (χ0v) is 13.4. The van der Waals surface area contributed by atoms with Crippen LogP contribution in [-0.4, -0.2) is 9.97 Å². The number of aryl methyl sites for hydroxylation is 2. The first-order chi connectivity index (χ1) is 9.66. The highest BCUT2D eigenvalue weighted by Crippen LogP contribution is 2.40. The summed E-state index contributed by atoms with van der Waals surface area (Å²) in [5, 5.41) is 2.70. The third-order valence-corrected chi connectivity index (χ3v) is 5.76. The first-order valence-corrected chi connectivity index (χ1v) is 8.28. The van der Waals surface area contributed by atoms with Crippen molar-refractivity contribution < 1.29 is 0 Å². The molecule has 3 rings (SSSR count). The molecule has 1 unspecified atom stereocenters. The Morgan fingerprint density at radius 3 is 2.60 bits per heavy atom. The van der Waals surface area contributed by atoms with E-state index >= 15 is 0 Å². The predicted octanol–water partition coefficient (Wildman–Crippen LogP) is 5.16. The molecule has 1 atom stereocenters. The topological polar surface area (TPSA) is 25.8 Å². The number of benzene rings is 1. The molecule has 0 saturated carbocycles. The first-order valence-electron chi connectivity index (χ1n) is 6.59. The maximum Gasteiger partial charge on any atom is 0.128 e. The van der Waals surface area contributed by atoms with Crippen molar-refractivity contribution in [1.82, 2.24) is 9.97 Å². The minimum absolute atomic E-state index is 0.383. The van der Waals surface area contributed by atoms with Crippen LogP contribution in [0.15, 0.2) is 41.7 Å². The number of aromatic nitrogens is 2. The number of thioether (sulfide) groups is 1. The number of hydrogen-bond acceptors (Lipinski definition) is 4. The van der Waals surface area contributed by atoms with Crippen molar-refractivity contribution in [2.24, 2.45) is 0 Å². The molecule has 2 aromatic heterocycles. The van der Waals surface area contributed by atoms with Crippen LogP contribution in [-0.2, 0) is 0 Å². The van der Waals surface area contributed by atoms with E-state index in [0.29, 0.717) is 5.25 Å². The van der Waals surface area contributed by atoms with Gasteiger partial charge in [-0.15, -0.1) is 11.3 Å². The second-order valence-corrected chi connectivity index (χ2v) is 7.35. The molecule has 0 aliphatic heterocycles. The van der Waals surface area contributed by atoms with Crippen LogP contribution in [0.4, 0.5) is 0 Å². The molecule has 0 N–H and O–H groups in total. The fourth-order valence-corrected chi connectivity index (χ4v) is 4.36. The molecule has 0 fully saturated rings. The van der Waals surface area contributed by atoms with Crippen molar-refractivity contribution in [2.75, 3.05) is 0 Å². The van der Waals surface area contributed by atoms with Gasteiger partial charge in [-0.3, -0.25) is 0 Å². The van der Waals surface area contributed by atoms with E-state index in [9.17, 15) is 0 Å². The van der Waals surface area contributed by atoms with Crippen molar-refractivity contribution >= 4 is 33.3 Å². The Bertz CT molecular complexity index is 735. The normalized spacial score (nSPS) is 12.8. The Morgan fingerprint density at radius 1 is 1.10 bits per heavy atom. The molecule has 3 aromatic rings. The number of nitrogens with zero attached hydrogens (tertiary/aromatic N) is 2. The average Bonchev–Trinajstić information content (AvgIpc) is 2.76. The van der Waals surface area contributed by atoms with E-state index in [1.807, 2.05) is 11.8 Å². The van der Waals surface area contributed by atoms with Gasteiger partial charge in [0.25, 0.3) is 0 Å². The lowest BCUT2D eigenvalue weighted by Crippen LogP contribution is -1.91. The smallest absolute Gasteiger partial charge is 0.128 e. The Labute approximate surface area is 127 Å². The monoisotopic (exact) mass is 300 g/mol.